The lowest BCUT2D eigenvalue weighted by molar-refractivity contribution is -0.117. The lowest BCUT2D eigenvalue weighted by Gasteiger charge is -2.22. The van der Waals surface area contributed by atoms with Crippen molar-refractivity contribution in [1.29, 1.82) is 0 Å². The molecule has 0 aliphatic rings. The van der Waals surface area contributed by atoms with Crippen LogP contribution in [0.15, 0.2) is 24.3 Å². The van der Waals surface area contributed by atoms with E-state index in [9.17, 15) is 4.79 Å². The van der Waals surface area contributed by atoms with Gasteiger partial charge in [-0.05, 0) is 54.8 Å². The van der Waals surface area contributed by atoms with E-state index in [0.29, 0.717) is 18.9 Å². The molecule has 0 radical (unpaired) electrons. The second-order valence-electron chi connectivity index (χ2n) is 7.21. The number of aryl methyl sites for hydroxylation is 1. The number of anilines is 1. The van der Waals surface area contributed by atoms with E-state index in [1.165, 1.54) is 5.56 Å². The summed E-state index contributed by atoms with van der Waals surface area (Å²) >= 11 is 0. The highest BCUT2D eigenvalue weighted by Crippen LogP contribution is 2.26. The van der Waals surface area contributed by atoms with Crippen molar-refractivity contribution in [1.82, 2.24) is 0 Å². The number of carbonyl (C=O) groups is 1. The first-order valence-electron chi connectivity index (χ1n) is 7.89. The Morgan fingerprint density at radius 3 is 2.67 bits per heavy atom. The minimum Gasteiger partial charge on any atom is -0.330 e. The topological polar surface area (TPSA) is 55.1 Å². The standard InChI is InChI=1S/C18H30N2O/c1-14(13-18(2,3)4)11-17(21)20-16-9-5-7-15(12-16)8-6-10-19/h5,7,9,12,14H,6,8,10-11,13,19H2,1-4H3,(H,20,21). The first kappa shape index (κ1) is 17.7. The summed E-state index contributed by atoms with van der Waals surface area (Å²) in [5.74, 6) is 0.494. The molecule has 3 heteroatoms. The fourth-order valence-electron chi connectivity index (χ4n) is 2.76. The minimum absolute atomic E-state index is 0.0997. The summed E-state index contributed by atoms with van der Waals surface area (Å²) in [7, 11) is 0. The molecule has 1 amide bonds. The Bertz CT molecular complexity index is 449. The molecule has 1 unspecified atom stereocenters. The smallest absolute Gasteiger partial charge is 0.224 e. The molecule has 0 saturated carbocycles. The highest BCUT2D eigenvalue weighted by atomic mass is 16.1. The van der Waals surface area contributed by atoms with Gasteiger partial charge in [0.2, 0.25) is 5.91 Å². The van der Waals surface area contributed by atoms with Crippen molar-refractivity contribution in [3.63, 3.8) is 0 Å². The van der Waals surface area contributed by atoms with Crippen LogP contribution in [0.3, 0.4) is 0 Å². The van der Waals surface area contributed by atoms with Gasteiger partial charge in [0, 0.05) is 12.1 Å². The third-order valence-corrected chi connectivity index (χ3v) is 3.38. The third-order valence-electron chi connectivity index (χ3n) is 3.38. The molecule has 0 aliphatic carbocycles. The fraction of sp³-hybridized carbons (Fsp3) is 0.611. The average molecular weight is 290 g/mol. The molecule has 0 spiro atoms. The molecule has 3 nitrogen and oxygen atoms in total. The molecule has 21 heavy (non-hydrogen) atoms. The van der Waals surface area contributed by atoms with Crippen LogP contribution in [0.2, 0.25) is 0 Å². The van der Waals surface area contributed by atoms with Gasteiger partial charge >= 0.3 is 0 Å². The number of hydrogen-bond donors (Lipinski definition) is 2. The van der Waals surface area contributed by atoms with Crippen LogP contribution >= 0.6 is 0 Å². The molecule has 0 bridgehead atoms. The van der Waals surface area contributed by atoms with Gasteiger partial charge in [-0.15, -0.1) is 0 Å². The molecule has 0 heterocycles. The Kier molecular flexibility index (Phi) is 6.90. The number of carbonyl (C=O) groups excluding carboxylic acids is 1. The number of hydrogen-bond acceptors (Lipinski definition) is 2. The van der Waals surface area contributed by atoms with Gasteiger partial charge < -0.3 is 11.1 Å². The Morgan fingerprint density at radius 2 is 2.05 bits per heavy atom. The van der Waals surface area contributed by atoms with Crippen LogP contribution in [0.5, 0.6) is 0 Å². The molecule has 0 saturated heterocycles. The van der Waals surface area contributed by atoms with Gasteiger partial charge in [-0.25, -0.2) is 0 Å². The lowest BCUT2D eigenvalue weighted by Crippen LogP contribution is -2.18. The van der Waals surface area contributed by atoms with Gasteiger partial charge in [-0.1, -0.05) is 39.8 Å². The van der Waals surface area contributed by atoms with Crippen molar-refractivity contribution in [2.75, 3.05) is 11.9 Å². The highest BCUT2D eigenvalue weighted by Gasteiger charge is 2.17. The molecular weight excluding hydrogens is 260 g/mol. The van der Waals surface area contributed by atoms with Crippen LogP contribution in [0, 0.1) is 11.3 Å². The maximum absolute atomic E-state index is 12.1. The maximum Gasteiger partial charge on any atom is 0.224 e. The van der Waals surface area contributed by atoms with Crippen molar-refractivity contribution in [2.45, 2.75) is 53.4 Å². The average Bonchev–Trinajstić information content (AvgIpc) is 2.34. The van der Waals surface area contributed by atoms with Crippen LogP contribution in [0.25, 0.3) is 0 Å². The van der Waals surface area contributed by atoms with Crippen molar-refractivity contribution in [3.8, 4) is 0 Å². The number of rotatable bonds is 7. The number of amides is 1. The molecule has 1 atom stereocenters. The predicted molar refractivity (Wildman–Crippen MR) is 90.3 cm³/mol. The molecule has 0 aliphatic heterocycles. The summed E-state index contributed by atoms with van der Waals surface area (Å²) in [6.07, 6.45) is 3.56. The summed E-state index contributed by atoms with van der Waals surface area (Å²) < 4.78 is 0. The lowest BCUT2D eigenvalue weighted by atomic mass is 9.84. The molecule has 0 fully saturated rings. The zero-order valence-electron chi connectivity index (χ0n) is 13.9. The fourth-order valence-corrected chi connectivity index (χ4v) is 2.76. The van der Waals surface area contributed by atoms with Crippen molar-refractivity contribution in [2.24, 2.45) is 17.1 Å². The van der Waals surface area contributed by atoms with Gasteiger partial charge in [-0.2, -0.15) is 0 Å². The largest absolute Gasteiger partial charge is 0.330 e. The van der Waals surface area contributed by atoms with E-state index in [1.807, 2.05) is 18.2 Å². The molecule has 3 N–H and O–H groups in total. The summed E-state index contributed by atoms with van der Waals surface area (Å²) in [5.41, 5.74) is 7.91. The van der Waals surface area contributed by atoms with Crippen molar-refractivity contribution >= 4 is 11.6 Å². The van der Waals surface area contributed by atoms with E-state index in [0.717, 1.165) is 24.9 Å². The Balaban J connectivity index is 2.50. The van der Waals surface area contributed by atoms with Gasteiger partial charge in [0.1, 0.15) is 0 Å². The molecule has 118 valence electrons. The zero-order valence-corrected chi connectivity index (χ0v) is 13.9. The first-order valence-corrected chi connectivity index (χ1v) is 7.89. The van der Waals surface area contributed by atoms with Gasteiger partial charge in [-0.3, -0.25) is 4.79 Å². The van der Waals surface area contributed by atoms with E-state index in [4.69, 9.17) is 5.73 Å². The third kappa shape index (κ3) is 7.86. The van der Waals surface area contributed by atoms with Crippen LogP contribution in [-0.2, 0) is 11.2 Å². The Morgan fingerprint density at radius 1 is 1.33 bits per heavy atom. The molecular formula is C18H30N2O. The highest BCUT2D eigenvalue weighted by molar-refractivity contribution is 5.90. The van der Waals surface area contributed by atoms with E-state index in [-0.39, 0.29) is 11.3 Å². The van der Waals surface area contributed by atoms with E-state index in [1.54, 1.807) is 0 Å². The van der Waals surface area contributed by atoms with Gasteiger partial charge in [0.15, 0.2) is 0 Å². The monoisotopic (exact) mass is 290 g/mol. The predicted octanol–water partition coefficient (Wildman–Crippen LogP) is 3.98. The zero-order chi connectivity index (χ0) is 15.9. The van der Waals surface area contributed by atoms with Crippen LogP contribution in [-0.4, -0.2) is 12.5 Å². The minimum atomic E-state index is 0.0997. The summed E-state index contributed by atoms with van der Waals surface area (Å²) in [6.45, 7) is 9.47. The second-order valence-corrected chi connectivity index (χ2v) is 7.21. The quantitative estimate of drug-likeness (QED) is 0.798. The SMILES string of the molecule is CC(CC(=O)Nc1cccc(CCCN)c1)CC(C)(C)C. The number of benzene rings is 1. The van der Waals surface area contributed by atoms with Gasteiger partial charge in [0.05, 0.1) is 0 Å². The molecule has 0 aromatic heterocycles. The molecule has 1 aromatic rings. The van der Waals surface area contributed by atoms with E-state index >= 15 is 0 Å². The first-order chi connectivity index (χ1) is 9.80. The van der Waals surface area contributed by atoms with Crippen LogP contribution < -0.4 is 11.1 Å². The molecule has 1 aromatic carbocycles. The number of nitrogens with two attached hydrogens (primary N) is 1. The van der Waals surface area contributed by atoms with E-state index in [2.05, 4.69) is 39.1 Å². The Hall–Kier alpha value is -1.35. The van der Waals surface area contributed by atoms with Crippen molar-refractivity contribution < 1.29 is 4.79 Å². The summed E-state index contributed by atoms with van der Waals surface area (Å²) in [5, 5.41) is 3.01. The summed E-state index contributed by atoms with van der Waals surface area (Å²) in [6, 6.07) is 8.05. The summed E-state index contributed by atoms with van der Waals surface area (Å²) in [4.78, 5) is 12.1. The Labute approximate surface area is 129 Å². The maximum atomic E-state index is 12.1. The van der Waals surface area contributed by atoms with Crippen molar-refractivity contribution in [3.05, 3.63) is 29.8 Å². The van der Waals surface area contributed by atoms with Crippen LogP contribution in [0.4, 0.5) is 5.69 Å². The van der Waals surface area contributed by atoms with Gasteiger partial charge in [0.25, 0.3) is 0 Å². The second kappa shape index (κ2) is 8.18. The van der Waals surface area contributed by atoms with Crippen LogP contribution in [0.1, 0.15) is 52.5 Å². The normalized spacial score (nSPS) is 13.0. The molecule has 1 rings (SSSR count). The van der Waals surface area contributed by atoms with E-state index < -0.39 is 0 Å². The number of nitrogens with one attached hydrogen (secondary N) is 1.